The molecule has 0 aromatic heterocycles. The quantitative estimate of drug-likeness (QED) is 0.869. The van der Waals surface area contributed by atoms with Crippen LogP contribution >= 0.6 is 0 Å². The van der Waals surface area contributed by atoms with Crippen molar-refractivity contribution in [1.29, 1.82) is 0 Å². The Balaban J connectivity index is 1.98. The van der Waals surface area contributed by atoms with E-state index in [0.29, 0.717) is 5.75 Å². The average Bonchev–Trinajstić information content (AvgIpc) is 2.36. The molecule has 0 saturated heterocycles. The summed E-state index contributed by atoms with van der Waals surface area (Å²) in [5, 5.41) is 19.3. The van der Waals surface area contributed by atoms with Gasteiger partial charge >= 0.3 is 0 Å². The molecule has 0 radical (unpaired) electrons. The first-order chi connectivity index (χ1) is 8.65. The number of aryl methyl sites for hydroxylation is 1. The maximum Gasteiger partial charge on any atom is 0.123 e. The fraction of sp³-hybridized carbons (Fsp3) is 0.200. The second kappa shape index (κ2) is 5.56. The third kappa shape index (κ3) is 3.25. The second-order valence-corrected chi connectivity index (χ2v) is 4.24. The highest BCUT2D eigenvalue weighted by atomic mass is 16.5. The zero-order valence-corrected chi connectivity index (χ0v) is 10.2. The summed E-state index contributed by atoms with van der Waals surface area (Å²) in [6, 6.07) is 14.2. The number of phenols is 1. The Hall–Kier alpha value is -2.00. The summed E-state index contributed by atoms with van der Waals surface area (Å²) in [7, 11) is 0. The van der Waals surface area contributed by atoms with Gasteiger partial charge in [-0.15, -0.1) is 0 Å². The lowest BCUT2D eigenvalue weighted by Gasteiger charge is -2.13. The van der Waals surface area contributed by atoms with Gasteiger partial charge in [0, 0.05) is 6.07 Å². The molecule has 1 unspecified atom stereocenters. The predicted molar refractivity (Wildman–Crippen MR) is 69.7 cm³/mol. The molecule has 0 amide bonds. The first kappa shape index (κ1) is 12.5. The third-order valence-electron chi connectivity index (χ3n) is 2.65. The number of rotatable bonds is 4. The maximum absolute atomic E-state index is 9.99. The minimum Gasteiger partial charge on any atom is -0.508 e. The van der Waals surface area contributed by atoms with E-state index < -0.39 is 6.10 Å². The highest BCUT2D eigenvalue weighted by Crippen LogP contribution is 2.20. The highest BCUT2D eigenvalue weighted by Gasteiger charge is 2.08. The van der Waals surface area contributed by atoms with Gasteiger partial charge < -0.3 is 14.9 Å². The molecule has 2 rings (SSSR count). The summed E-state index contributed by atoms with van der Waals surface area (Å²) in [5.74, 6) is 0.694. The minimum absolute atomic E-state index is 0.151. The zero-order valence-electron chi connectivity index (χ0n) is 10.2. The molecule has 0 spiro atoms. The Morgan fingerprint density at radius 1 is 1.11 bits per heavy atom. The van der Waals surface area contributed by atoms with Crippen molar-refractivity contribution in [3.63, 3.8) is 0 Å². The molecule has 0 fully saturated rings. The van der Waals surface area contributed by atoms with Crippen LogP contribution in [-0.4, -0.2) is 16.8 Å². The zero-order chi connectivity index (χ0) is 13.0. The molecule has 0 aliphatic carbocycles. The second-order valence-electron chi connectivity index (χ2n) is 4.24. The van der Waals surface area contributed by atoms with Gasteiger partial charge in [0.1, 0.15) is 24.2 Å². The van der Waals surface area contributed by atoms with Crippen LogP contribution in [0.3, 0.4) is 0 Å². The van der Waals surface area contributed by atoms with Gasteiger partial charge in [-0.05, 0) is 24.6 Å². The Kier molecular flexibility index (Phi) is 3.85. The third-order valence-corrected chi connectivity index (χ3v) is 2.65. The molecule has 2 aromatic carbocycles. The molecular formula is C15H16O3. The van der Waals surface area contributed by atoms with E-state index in [1.165, 1.54) is 6.07 Å². The standard InChI is InChI=1S/C15H16O3/c1-11-4-2-5-12(8-11)15(17)10-18-14-7-3-6-13(16)9-14/h2-9,15-17H,10H2,1H3. The molecule has 3 nitrogen and oxygen atoms in total. The number of ether oxygens (including phenoxy) is 1. The summed E-state index contributed by atoms with van der Waals surface area (Å²) in [6.45, 7) is 2.14. The minimum atomic E-state index is -0.674. The van der Waals surface area contributed by atoms with Crippen LogP contribution < -0.4 is 4.74 Å². The SMILES string of the molecule is Cc1cccc(C(O)COc2cccc(O)c2)c1. The van der Waals surface area contributed by atoms with Gasteiger partial charge in [-0.2, -0.15) is 0 Å². The summed E-state index contributed by atoms with van der Waals surface area (Å²) in [5.41, 5.74) is 1.93. The van der Waals surface area contributed by atoms with E-state index in [2.05, 4.69) is 0 Å². The lowest BCUT2D eigenvalue weighted by molar-refractivity contribution is 0.108. The summed E-state index contributed by atoms with van der Waals surface area (Å²) in [4.78, 5) is 0. The number of aliphatic hydroxyl groups excluding tert-OH is 1. The lowest BCUT2D eigenvalue weighted by Crippen LogP contribution is -2.09. The predicted octanol–water partition coefficient (Wildman–Crippen LogP) is 2.81. The molecule has 0 aliphatic rings. The highest BCUT2D eigenvalue weighted by molar-refractivity contribution is 5.32. The van der Waals surface area contributed by atoms with Crippen LogP contribution in [0.2, 0.25) is 0 Å². The van der Waals surface area contributed by atoms with Crippen LogP contribution in [0.5, 0.6) is 11.5 Å². The van der Waals surface area contributed by atoms with Crippen molar-refractivity contribution in [3.8, 4) is 11.5 Å². The molecular weight excluding hydrogens is 228 g/mol. The van der Waals surface area contributed by atoms with Crippen molar-refractivity contribution >= 4 is 0 Å². The smallest absolute Gasteiger partial charge is 0.123 e. The van der Waals surface area contributed by atoms with Gasteiger partial charge in [0.15, 0.2) is 0 Å². The van der Waals surface area contributed by atoms with E-state index >= 15 is 0 Å². The molecule has 18 heavy (non-hydrogen) atoms. The van der Waals surface area contributed by atoms with Gasteiger partial charge in [0.2, 0.25) is 0 Å². The van der Waals surface area contributed by atoms with E-state index in [1.807, 2.05) is 31.2 Å². The molecule has 0 heterocycles. The van der Waals surface area contributed by atoms with Gasteiger partial charge in [0.05, 0.1) is 0 Å². The number of aromatic hydroxyl groups is 1. The topological polar surface area (TPSA) is 49.7 Å². The molecule has 0 aliphatic heterocycles. The van der Waals surface area contributed by atoms with E-state index in [1.54, 1.807) is 18.2 Å². The van der Waals surface area contributed by atoms with Crippen molar-refractivity contribution in [2.75, 3.05) is 6.61 Å². The van der Waals surface area contributed by atoms with Crippen LogP contribution in [0.1, 0.15) is 17.2 Å². The van der Waals surface area contributed by atoms with Crippen LogP contribution in [0.25, 0.3) is 0 Å². The monoisotopic (exact) mass is 244 g/mol. The Bertz CT molecular complexity index is 523. The van der Waals surface area contributed by atoms with E-state index in [4.69, 9.17) is 4.74 Å². The normalized spacial score (nSPS) is 12.1. The number of benzene rings is 2. The molecule has 2 N–H and O–H groups in total. The van der Waals surface area contributed by atoms with Crippen molar-refractivity contribution in [3.05, 3.63) is 59.7 Å². The summed E-state index contributed by atoms with van der Waals surface area (Å²) in [6.07, 6.45) is -0.674. The molecule has 3 heteroatoms. The van der Waals surface area contributed by atoms with Crippen LogP contribution in [0, 0.1) is 6.92 Å². The van der Waals surface area contributed by atoms with E-state index in [-0.39, 0.29) is 12.4 Å². The fourth-order valence-electron chi connectivity index (χ4n) is 1.72. The van der Waals surface area contributed by atoms with Crippen molar-refractivity contribution in [2.24, 2.45) is 0 Å². The van der Waals surface area contributed by atoms with Crippen molar-refractivity contribution in [2.45, 2.75) is 13.0 Å². The largest absolute Gasteiger partial charge is 0.508 e. The Morgan fingerprint density at radius 3 is 2.61 bits per heavy atom. The number of hydrogen-bond acceptors (Lipinski definition) is 3. The van der Waals surface area contributed by atoms with Crippen LogP contribution in [0.4, 0.5) is 0 Å². The maximum atomic E-state index is 9.99. The lowest BCUT2D eigenvalue weighted by atomic mass is 10.1. The number of aliphatic hydroxyl groups is 1. The number of hydrogen-bond donors (Lipinski definition) is 2. The molecule has 94 valence electrons. The summed E-state index contributed by atoms with van der Waals surface area (Å²) >= 11 is 0. The van der Waals surface area contributed by atoms with E-state index in [0.717, 1.165) is 11.1 Å². The Morgan fingerprint density at radius 2 is 1.89 bits per heavy atom. The average molecular weight is 244 g/mol. The van der Waals surface area contributed by atoms with E-state index in [9.17, 15) is 10.2 Å². The van der Waals surface area contributed by atoms with Crippen molar-refractivity contribution < 1.29 is 14.9 Å². The van der Waals surface area contributed by atoms with Crippen LogP contribution in [-0.2, 0) is 0 Å². The van der Waals surface area contributed by atoms with Gasteiger partial charge in [-0.25, -0.2) is 0 Å². The fourth-order valence-corrected chi connectivity index (χ4v) is 1.72. The molecule has 2 aromatic rings. The van der Waals surface area contributed by atoms with Gasteiger partial charge in [-0.1, -0.05) is 35.9 Å². The van der Waals surface area contributed by atoms with Gasteiger partial charge in [0.25, 0.3) is 0 Å². The summed E-state index contributed by atoms with van der Waals surface area (Å²) < 4.78 is 5.43. The first-order valence-electron chi connectivity index (χ1n) is 5.81. The molecule has 1 atom stereocenters. The van der Waals surface area contributed by atoms with Crippen molar-refractivity contribution in [1.82, 2.24) is 0 Å². The van der Waals surface area contributed by atoms with Crippen LogP contribution in [0.15, 0.2) is 48.5 Å². The first-order valence-corrected chi connectivity index (χ1v) is 5.81. The van der Waals surface area contributed by atoms with Gasteiger partial charge in [-0.3, -0.25) is 0 Å². The molecule has 0 bridgehead atoms. The molecule has 0 saturated carbocycles. The number of phenolic OH excluding ortho intramolecular Hbond substituents is 1. The Labute approximate surface area is 106 Å².